The molecule has 0 aromatic heterocycles. The molecule has 1 amide bonds. The molecule has 0 bridgehead atoms. The number of hydrogen-bond donors (Lipinski definition) is 2. The minimum absolute atomic E-state index is 0.225. The van der Waals surface area contributed by atoms with Gasteiger partial charge in [0.25, 0.3) is 0 Å². The smallest absolute Gasteiger partial charge is 0.231 e. The third-order valence-electron chi connectivity index (χ3n) is 2.93. The topological polar surface area (TPSA) is 73.6 Å². The summed E-state index contributed by atoms with van der Waals surface area (Å²) in [5.41, 5.74) is 6.28. The maximum absolute atomic E-state index is 10.6. The van der Waals surface area contributed by atoms with Crippen molar-refractivity contribution in [1.82, 2.24) is 5.32 Å². The van der Waals surface area contributed by atoms with E-state index in [0.29, 0.717) is 6.79 Å². The van der Waals surface area contributed by atoms with Crippen molar-refractivity contribution in [1.29, 1.82) is 0 Å². The highest BCUT2D eigenvalue weighted by atomic mass is 16.7. The summed E-state index contributed by atoms with van der Waals surface area (Å²) in [4.78, 5) is 10.6. The number of aryl methyl sites for hydroxylation is 1. The molecule has 0 fully saturated rings. The largest absolute Gasteiger partial charge is 0.454 e. The van der Waals surface area contributed by atoms with Crippen LogP contribution in [0.3, 0.4) is 0 Å². The molecule has 3 N–H and O–H groups in total. The molecule has 2 rings (SSSR count). The van der Waals surface area contributed by atoms with Crippen LogP contribution in [0.4, 0.5) is 0 Å². The van der Waals surface area contributed by atoms with Crippen molar-refractivity contribution < 1.29 is 14.3 Å². The molecule has 1 aliphatic rings. The Kier molecular flexibility index (Phi) is 4.04. The second-order valence-electron chi connectivity index (χ2n) is 4.47. The van der Waals surface area contributed by atoms with Gasteiger partial charge in [0.05, 0.1) is 6.54 Å². The molecule has 5 nitrogen and oxygen atoms in total. The lowest BCUT2D eigenvalue weighted by Crippen LogP contribution is -2.35. The lowest BCUT2D eigenvalue weighted by Gasteiger charge is -2.12. The van der Waals surface area contributed by atoms with E-state index >= 15 is 0 Å². The summed E-state index contributed by atoms with van der Waals surface area (Å²) in [6.45, 7) is 2.56. The first kappa shape index (κ1) is 12.7. The fraction of sp³-hybridized carbons (Fsp3) is 0.462. The van der Waals surface area contributed by atoms with Crippen LogP contribution in [0, 0.1) is 0 Å². The van der Waals surface area contributed by atoms with Gasteiger partial charge in [0, 0.05) is 6.04 Å². The molecule has 98 valence electrons. The average Bonchev–Trinajstić information content (AvgIpc) is 2.81. The van der Waals surface area contributed by atoms with Crippen LogP contribution < -0.4 is 20.5 Å². The Morgan fingerprint density at radius 3 is 3.00 bits per heavy atom. The van der Waals surface area contributed by atoms with Crippen LogP contribution >= 0.6 is 0 Å². The van der Waals surface area contributed by atoms with Crippen LogP contribution in [-0.2, 0) is 11.2 Å². The Hall–Kier alpha value is -1.75. The van der Waals surface area contributed by atoms with Gasteiger partial charge in [0.2, 0.25) is 12.7 Å². The van der Waals surface area contributed by atoms with Gasteiger partial charge in [-0.3, -0.25) is 4.79 Å². The van der Waals surface area contributed by atoms with Crippen molar-refractivity contribution in [2.75, 3.05) is 13.3 Å². The molecule has 0 spiro atoms. The molecule has 18 heavy (non-hydrogen) atoms. The van der Waals surface area contributed by atoms with Crippen LogP contribution in [0.5, 0.6) is 11.5 Å². The van der Waals surface area contributed by atoms with E-state index in [2.05, 4.69) is 5.32 Å². The zero-order valence-electron chi connectivity index (χ0n) is 10.4. The SMILES string of the molecule is CC(CCc1ccc2c(c1)OCO2)NCC(N)=O. The first-order valence-corrected chi connectivity index (χ1v) is 6.05. The van der Waals surface area contributed by atoms with Gasteiger partial charge in [0.1, 0.15) is 0 Å². The predicted molar refractivity (Wildman–Crippen MR) is 67.5 cm³/mol. The second-order valence-corrected chi connectivity index (χ2v) is 4.47. The van der Waals surface area contributed by atoms with E-state index in [1.54, 1.807) is 0 Å². The number of carbonyl (C=O) groups is 1. The standard InChI is InChI=1S/C13H18N2O3/c1-9(15-7-13(14)16)2-3-10-4-5-11-12(6-10)18-8-17-11/h4-6,9,15H,2-3,7-8H2,1H3,(H2,14,16). The molecule has 1 aliphatic heterocycles. The third-order valence-corrected chi connectivity index (χ3v) is 2.93. The predicted octanol–water partition coefficient (Wildman–Crippen LogP) is 0.811. The molecule has 5 heteroatoms. The number of amides is 1. The molecular weight excluding hydrogens is 232 g/mol. The van der Waals surface area contributed by atoms with Gasteiger partial charge in [-0.25, -0.2) is 0 Å². The Balaban J connectivity index is 1.81. The number of nitrogens with two attached hydrogens (primary N) is 1. The second kappa shape index (κ2) is 5.73. The van der Waals surface area contributed by atoms with Crippen molar-refractivity contribution in [2.45, 2.75) is 25.8 Å². The molecule has 1 atom stereocenters. The molecular formula is C13H18N2O3. The Labute approximate surface area is 106 Å². The van der Waals surface area contributed by atoms with E-state index in [9.17, 15) is 4.79 Å². The molecule has 1 heterocycles. The summed E-state index contributed by atoms with van der Waals surface area (Å²) in [5.74, 6) is 1.29. The minimum Gasteiger partial charge on any atom is -0.454 e. The van der Waals surface area contributed by atoms with Gasteiger partial charge in [-0.15, -0.1) is 0 Å². The maximum Gasteiger partial charge on any atom is 0.231 e. The summed E-state index contributed by atoms with van der Waals surface area (Å²) in [7, 11) is 0. The zero-order chi connectivity index (χ0) is 13.0. The number of primary amides is 1. The number of nitrogens with one attached hydrogen (secondary N) is 1. The van der Waals surface area contributed by atoms with Crippen LogP contribution in [0.25, 0.3) is 0 Å². The molecule has 0 saturated carbocycles. The fourth-order valence-corrected chi connectivity index (χ4v) is 1.86. The number of hydrogen-bond acceptors (Lipinski definition) is 4. The molecule has 0 radical (unpaired) electrons. The molecule has 0 aliphatic carbocycles. The Bertz CT molecular complexity index is 434. The van der Waals surface area contributed by atoms with Crippen molar-refractivity contribution in [3.8, 4) is 11.5 Å². The maximum atomic E-state index is 10.6. The van der Waals surface area contributed by atoms with Crippen molar-refractivity contribution in [3.63, 3.8) is 0 Å². The van der Waals surface area contributed by atoms with E-state index in [4.69, 9.17) is 15.2 Å². The number of benzene rings is 1. The van der Waals surface area contributed by atoms with Gasteiger partial charge in [-0.2, -0.15) is 0 Å². The van der Waals surface area contributed by atoms with Gasteiger partial charge in [-0.1, -0.05) is 6.07 Å². The highest BCUT2D eigenvalue weighted by Gasteiger charge is 2.13. The number of carbonyl (C=O) groups excluding carboxylic acids is 1. The van der Waals surface area contributed by atoms with E-state index < -0.39 is 0 Å². The summed E-state index contributed by atoms with van der Waals surface area (Å²) < 4.78 is 10.6. The number of ether oxygens (including phenoxy) is 2. The van der Waals surface area contributed by atoms with Crippen LogP contribution in [0.1, 0.15) is 18.9 Å². The molecule has 1 unspecified atom stereocenters. The summed E-state index contributed by atoms with van der Waals surface area (Å²) >= 11 is 0. The fourth-order valence-electron chi connectivity index (χ4n) is 1.86. The van der Waals surface area contributed by atoms with E-state index in [1.165, 1.54) is 5.56 Å². The first-order valence-electron chi connectivity index (χ1n) is 6.05. The lowest BCUT2D eigenvalue weighted by atomic mass is 10.1. The molecule has 0 saturated heterocycles. The van der Waals surface area contributed by atoms with Crippen molar-refractivity contribution in [2.24, 2.45) is 5.73 Å². The normalized spacial score (nSPS) is 14.5. The molecule has 1 aromatic rings. The number of fused-ring (bicyclic) bond motifs is 1. The summed E-state index contributed by atoms with van der Waals surface area (Å²) in [6, 6.07) is 6.22. The highest BCUT2D eigenvalue weighted by molar-refractivity contribution is 5.75. The highest BCUT2D eigenvalue weighted by Crippen LogP contribution is 2.32. The van der Waals surface area contributed by atoms with Gasteiger partial charge < -0.3 is 20.5 Å². The average molecular weight is 250 g/mol. The Morgan fingerprint density at radius 1 is 1.44 bits per heavy atom. The lowest BCUT2D eigenvalue weighted by molar-refractivity contribution is -0.117. The first-order chi connectivity index (χ1) is 8.65. The van der Waals surface area contributed by atoms with E-state index in [0.717, 1.165) is 24.3 Å². The zero-order valence-corrected chi connectivity index (χ0v) is 10.4. The third kappa shape index (κ3) is 3.37. The Morgan fingerprint density at radius 2 is 2.22 bits per heavy atom. The van der Waals surface area contributed by atoms with Crippen LogP contribution in [-0.4, -0.2) is 25.3 Å². The van der Waals surface area contributed by atoms with E-state index in [1.807, 2.05) is 25.1 Å². The number of rotatable bonds is 6. The van der Waals surface area contributed by atoms with Gasteiger partial charge in [0.15, 0.2) is 11.5 Å². The van der Waals surface area contributed by atoms with Crippen molar-refractivity contribution in [3.05, 3.63) is 23.8 Å². The van der Waals surface area contributed by atoms with Crippen LogP contribution in [0.15, 0.2) is 18.2 Å². The van der Waals surface area contributed by atoms with Gasteiger partial charge >= 0.3 is 0 Å². The monoisotopic (exact) mass is 250 g/mol. The summed E-state index contributed by atoms with van der Waals surface area (Å²) in [5, 5.41) is 3.07. The van der Waals surface area contributed by atoms with E-state index in [-0.39, 0.29) is 18.5 Å². The van der Waals surface area contributed by atoms with Crippen LogP contribution in [0.2, 0.25) is 0 Å². The van der Waals surface area contributed by atoms with Crippen molar-refractivity contribution >= 4 is 5.91 Å². The van der Waals surface area contributed by atoms with Gasteiger partial charge in [-0.05, 0) is 37.5 Å². The minimum atomic E-state index is -0.329. The summed E-state index contributed by atoms with van der Waals surface area (Å²) in [6.07, 6.45) is 1.86. The quantitative estimate of drug-likeness (QED) is 0.783. The molecule has 1 aromatic carbocycles.